The van der Waals surface area contributed by atoms with Crippen LogP contribution in [0.4, 0.5) is 11.4 Å². The summed E-state index contributed by atoms with van der Waals surface area (Å²) in [4.78, 5) is 37.4. The lowest BCUT2D eigenvalue weighted by atomic mass is 10.2. The van der Waals surface area contributed by atoms with E-state index in [-0.39, 0.29) is 31.3 Å². The lowest BCUT2D eigenvalue weighted by Gasteiger charge is -2.30. The van der Waals surface area contributed by atoms with Gasteiger partial charge in [0.2, 0.25) is 5.91 Å². The largest absolute Gasteiger partial charge is 0.494 e. The molecule has 0 fully saturated rings. The fourth-order valence-corrected chi connectivity index (χ4v) is 3.30. The molecule has 1 heterocycles. The Morgan fingerprint density at radius 3 is 2.62 bits per heavy atom. The molecule has 2 amide bonds. The van der Waals surface area contributed by atoms with Crippen molar-refractivity contribution in [2.75, 3.05) is 37.1 Å². The van der Waals surface area contributed by atoms with Gasteiger partial charge in [0.15, 0.2) is 6.61 Å². The van der Waals surface area contributed by atoms with E-state index in [1.165, 1.54) is 12.7 Å². The maximum Gasteiger partial charge on any atom is 0.306 e. The molecule has 1 N–H and O–H groups in total. The molecule has 170 valence electrons. The average molecular weight is 440 g/mol. The lowest BCUT2D eigenvalue weighted by molar-refractivity contribution is -0.141. The van der Waals surface area contributed by atoms with Crippen LogP contribution >= 0.6 is 0 Å². The molecular weight excluding hydrogens is 412 g/mol. The number of esters is 1. The molecule has 0 saturated heterocycles. The second-order valence-electron chi connectivity index (χ2n) is 7.34. The number of carbonyl (C=O) groups is 3. The zero-order valence-electron chi connectivity index (χ0n) is 18.4. The van der Waals surface area contributed by atoms with E-state index in [1.54, 1.807) is 23.1 Å². The normalized spacial score (nSPS) is 12.6. The fourth-order valence-electron chi connectivity index (χ4n) is 3.30. The molecule has 3 rings (SSSR count). The summed E-state index contributed by atoms with van der Waals surface area (Å²) in [5, 5.41) is 2.74. The molecule has 1 aliphatic rings. The average Bonchev–Trinajstić information content (AvgIpc) is 2.81. The van der Waals surface area contributed by atoms with Gasteiger partial charge in [-0.2, -0.15) is 0 Å². The van der Waals surface area contributed by atoms with Gasteiger partial charge in [0.05, 0.1) is 25.8 Å². The van der Waals surface area contributed by atoms with E-state index < -0.39 is 5.97 Å². The molecule has 0 aromatic heterocycles. The predicted octanol–water partition coefficient (Wildman–Crippen LogP) is 3.34. The molecule has 0 aliphatic carbocycles. The van der Waals surface area contributed by atoms with Crippen molar-refractivity contribution < 1.29 is 28.6 Å². The number of benzene rings is 2. The Bertz CT molecular complexity index is 957. The molecule has 8 nitrogen and oxygen atoms in total. The van der Waals surface area contributed by atoms with Gasteiger partial charge >= 0.3 is 5.97 Å². The first-order valence-corrected chi connectivity index (χ1v) is 10.7. The van der Waals surface area contributed by atoms with Crippen LogP contribution in [0.25, 0.3) is 0 Å². The number of hydrogen-bond acceptors (Lipinski definition) is 6. The third kappa shape index (κ3) is 6.23. The minimum absolute atomic E-state index is 0.00215. The van der Waals surface area contributed by atoms with E-state index in [0.29, 0.717) is 36.7 Å². The number of ether oxygens (including phenoxy) is 3. The van der Waals surface area contributed by atoms with Crippen molar-refractivity contribution in [3.05, 3.63) is 48.0 Å². The fraction of sp³-hybridized carbons (Fsp3) is 0.375. The van der Waals surface area contributed by atoms with Crippen molar-refractivity contribution in [2.45, 2.75) is 32.6 Å². The minimum atomic E-state index is -0.445. The predicted molar refractivity (Wildman–Crippen MR) is 120 cm³/mol. The number of nitrogens with zero attached hydrogens (tertiary/aromatic N) is 1. The minimum Gasteiger partial charge on any atom is -0.494 e. The van der Waals surface area contributed by atoms with Crippen molar-refractivity contribution >= 4 is 29.2 Å². The number of carbonyl (C=O) groups excluding carboxylic acids is 3. The third-order valence-corrected chi connectivity index (χ3v) is 5.10. The van der Waals surface area contributed by atoms with Crippen molar-refractivity contribution in [1.82, 2.24) is 0 Å². The van der Waals surface area contributed by atoms with Crippen LogP contribution in [-0.2, 0) is 25.5 Å². The molecule has 0 bridgehead atoms. The lowest BCUT2D eigenvalue weighted by Crippen LogP contribution is -2.39. The highest BCUT2D eigenvalue weighted by Gasteiger charge is 2.25. The van der Waals surface area contributed by atoms with E-state index >= 15 is 0 Å². The van der Waals surface area contributed by atoms with Crippen molar-refractivity contribution in [2.24, 2.45) is 0 Å². The van der Waals surface area contributed by atoms with E-state index in [0.717, 1.165) is 12.2 Å². The molecule has 32 heavy (non-hydrogen) atoms. The van der Waals surface area contributed by atoms with E-state index in [2.05, 4.69) is 17.0 Å². The number of hydrogen-bond donors (Lipinski definition) is 1. The molecule has 0 atom stereocenters. The Labute approximate surface area is 187 Å². The smallest absolute Gasteiger partial charge is 0.306 e. The van der Waals surface area contributed by atoms with Gasteiger partial charge in [0, 0.05) is 18.7 Å². The zero-order chi connectivity index (χ0) is 22.9. The van der Waals surface area contributed by atoms with Crippen LogP contribution in [0.3, 0.4) is 0 Å². The Morgan fingerprint density at radius 1 is 1.12 bits per heavy atom. The first-order valence-electron chi connectivity index (χ1n) is 10.7. The summed E-state index contributed by atoms with van der Waals surface area (Å²) in [5.74, 6) is 0.465. The Hall–Kier alpha value is -3.55. The van der Waals surface area contributed by atoms with Crippen LogP contribution in [0.5, 0.6) is 11.5 Å². The number of amides is 2. The first kappa shape index (κ1) is 23.1. The zero-order valence-corrected chi connectivity index (χ0v) is 18.4. The van der Waals surface area contributed by atoms with Crippen LogP contribution in [-0.4, -0.2) is 44.7 Å². The summed E-state index contributed by atoms with van der Waals surface area (Å²) in [6, 6.07) is 13.1. The third-order valence-electron chi connectivity index (χ3n) is 5.10. The summed E-state index contributed by atoms with van der Waals surface area (Å²) in [6.45, 7) is 3.00. The SMILES string of the molecule is CCc1ccc(OCCCN2C(=O)COc3ccc(NC(=O)CCC(=O)OC)cc32)cc1. The first-order chi connectivity index (χ1) is 15.5. The van der Waals surface area contributed by atoms with Gasteiger partial charge in [-0.3, -0.25) is 14.4 Å². The number of methoxy groups -OCH3 is 1. The van der Waals surface area contributed by atoms with Gasteiger partial charge in [-0.15, -0.1) is 0 Å². The number of aryl methyl sites for hydroxylation is 1. The van der Waals surface area contributed by atoms with Gasteiger partial charge in [-0.1, -0.05) is 19.1 Å². The summed E-state index contributed by atoms with van der Waals surface area (Å²) in [5.41, 5.74) is 2.37. The molecule has 8 heteroatoms. The maximum atomic E-state index is 12.5. The molecule has 0 radical (unpaired) electrons. The number of nitrogens with one attached hydrogen (secondary N) is 1. The van der Waals surface area contributed by atoms with Crippen LogP contribution in [0.2, 0.25) is 0 Å². The standard InChI is InChI=1S/C24H28N2O6/c1-3-17-5-8-19(9-6-17)31-14-4-13-26-20-15-18(7-10-21(20)32-16-23(26)28)25-22(27)11-12-24(29)30-2/h5-10,15H,3-4,11-14,16H2,1-2H3,(H,25,27). The molecule has 1 aliphatic heterocycles. The van der Waals surface area contributed by atoms with Crippen molar-refractivity contribution in [3.63, 3.8) is 0 Å². The van der Waals surface area contributed by atoms with E-state index in [4.69, 9.17) is 9.47 Å². The molecule has 0 spiro atoms. The van der Waals surface area contributed by atoms with Crippen LogP contribution in [0.15, 0.2) is 42.5 Å². The maximum absolute atomic E-state index is 12.5. The Balaban J connectivity index is 1.57. The van der Waals surface area contributed by atoms with Crippen LogP contribution in [0.1, 0.15) is 31.7 Å². The monoisotopic (exact) mass is 440 g/mol. The highest BCUT2D eigenvalue weighted by molar-refractivity contribution is 5.99. The summed E-state index contributed by atoms with van der Waals surface area (Å²) >= 11 is 0. The topological polar surface area (TPSA) is 94.2 Å². The second kappa shape index (κ2) is 11.2. The second-order valence-corrected chi connectivity index (χ2v) is 7.34. The van der Waals surface area contributed by atoms with Gasteiger partial charge in [0.1, 0.15) is 11.5 Å². The molecular formula is C24H28N2O6. The summed E-state index contributed by atoms with van der Waals surface area (Å²) < 4.78 is 15.9. The van der Waals surface area contributed by atoms with Gasteiger partial charge in [-0.25, -0.2) is 0 Å². The van der Waals surface area contributed by atoms with Gasteiger partial charge < -0.3 is 24.4 Å². The Morgan fingerprint density at radius 2 is 1.91 bits per heavy atom. The highest BCUT2D eigenvalue weighted by Crippen LogP contribution is 2.34. The van der Waals surface area contributed by atoms with Gasteiger partial charge in [-0.05, 0) is 48.7 Å². The molecule has 2 aromatic carbocycles. The van der Waals surface area contributed by atoms with Crippen molar-refractivity contribution in [1.29, 1.82) is 0 Å². The highest BCUT2D eigenvalue weighted by atomic mass is 16.5. The quantitative estimate of drug-likeness (QED) is 0.450. The molecule has 2 aromatic rings. The molecule has 0 unspecified atom stereocenters. The summed E-state index contributed by atoms with van der Waals surface area (Å²) in [7, 11) is 1.28. The number of anilines is 2. The van der Waals surface area contributed by atoms with Crippen LogP contribution < -0.4 is 19.7 Å². The Kier molecular flexibility index (Phi) is 8.08. The van der Waals surface area contributed by atoms with Gasteiger partial charge in [0.25, 0.3) is 5.91 Å². The van der Waals surface area contributed by atoms with Crippen molar-refractivity contribution in [3.8, 4) is 11.5 Å². The number of rotatable bonds is 10. The van der Waals surface area contributed by atoms with E-state index in [9.17, 15) is 14.4 Å². The molecule has 0 saturated carbocycles. The summed E-state index contributed by atoms with van der Waals surface area (Å²) in [6.07, 6.45) is 1.63. The van der Waals surface area contributed by atoms with E-state index in [1.807, 2.05) is 24.3 Å². The van der Waals surface area contributed by atoms with Crippen LogP contribution in [0, 0.1) is 0 Å². The number of fused-ring (bicyclic) bond motifs is 1.